The van der Waals surface area contributed by atoms with Crippen LogP contribution in [0.3, 0.4) is 0 Å². The quantitative estimate of drug-likeness (QED) is 0.520. The number of hydrogen-bond acceptors (Lipinski definition) is 5. The Morgan fingerprint density at radius 3 is 2.40 bits per heavy atom. The number of rotatable bonds is 3. The third-order valence-corrected chi connectivity index (χ3v) is 3.83. The van der Waals surface area contributed by atoms with E-state index < -0.39 is 4.92 Å². The van der Waals surface area contributed by atoms with Crippen LogP contribution in [0.15, 0.2) is 0 Å². The maximum absolute atomic E-state index is 11.2. The van der Waals surface area contributed by atoms with Crippen molar-refractivity contribution in [2.75, 3.05) is 5.32 Å². The summed E-state index contributed by atoms with van der Waals surface area (Å²) < 4.78 is 0. The number of aromatic nitrogens is 2. The number of aryl methyl sites for hydroxylation is 1. The topological polar surface area (TPSA) is 81.0 Å². The van der Waals surface area contributed by atoms with Gasteiger partial charge in [0.15, 0.2) is 0 Å². The first-order chi connectivity index (χ1) is 9.58. The SMILES string of the molecule is Cc1nc(Cl)nc(NC2CCCCCCC2)c1[N+](=O)[O-]. The average molecular weight is 299 g/mol. The van der Waals surface area contributed by atoms with Gasteiger partial charge in [-0.1, -0.05) is 32.1 Å². The lowest BCUT2D eigenvalue weighted by Gasteiger charge is -2.21. The van der Waals surface area contributed by atoms with E-state index in [4.69, 9.17) is 11.6 Å². The first-order valence-electron chi connectivity index (χ1n) is 7.03. The molecule has 1 aromatic rings. The van der Waals surface area contributed by atoms with Crippen LogP contribution in [0.2, 0.25) is 5.28 Å². The molecule has 0 radical (unpaired) electrons. The summed E-state index contributed by atoms with van der Waals surface area (Å²) in [6.45, 7) is 1.58. The van der Waals surface area contributed by atoms with Gasteiger partial charge >= 0.3 is 5.69 Å². The summed E-state index contributed by atoms with van der Waals surface area (Å²) in [5, 5.41) is 14.4. The molecule has 110 valence electrons. The molecule has 1 heterocycles. The first kappa shape index (κ1) is 15.0. The molecular formula is C13H19ClN4O2. The summed E-state index contributed by atoms with van der Waals surface area (Å²) in [6.07, 6.45) is 8.04. The lowest BCUT2D eigenvalue weighted by molar-refractivity contribution is -0.385. The van der Waals surface area contributed by atoms with E-state index >= 15 is 0 Å². The minimum atomic E-state index is -0.448. The highest BCUT2D eigenvalue weighted by molar-refractivity contribution is 6.28. The smallest absolute Gasteiger partial charge is 0.332 e. The fourth-order valence-electron chi connectivity index (χ4n) is 2.65. The van der Waals surface area contributed by atoms with Gasteiger partial charge in [-0.3, -0.25) is 10.1 Å². The second kappa shape index (κ2) is 6.83. The van der Waals surface area contributed by atoms with Gasteiger partial charge in [0.2, 0.25) is 11.1 Å². The van der Waals surface area contributed by atoms with Crippen molar-refractivity contribution in [3.05, 3.63) is 21.1 Å². The van der Waals surface area contributed by atoms with Crippen LogP contribution in [0.4, 0.5) is 11.5 Å². The molecule has 0 aromatic carbocycles. The minimum Gasteiger partial charge on any atom is -0.361 e. The van der Waals surface area contributed by atoms with Gasteiger partial charge in [0.25, 0.3) is 0 Å². The molecule has 1 saturated carbocycles. The summed E-state index contributed by atoms with van der Waals surface area (Å²) in [7, 11) is 0. The Hall–Kier alpha value is -1.43. The fourth-order valence-corrected chi connectivity index (χ4v) is 2.86. The molecule has 0 unspecified atom stereocenters. The van der Waals surface area contributed by atoms with Crippen LogP contribution in [0.1, 0.15) is 50.6 Å². The van der Waals surface area contributed by atoms with Crippen molar-refractivity contribution in [3.63, 3.8) is 0 Å². The van der Waals surface area contributed by atoms with Gasteiger partial charge in [0.05, 0.1) is 4.92 Å². The van der Waals surface area contributed by atoms with E-state index in [1.165, 1.54) is 19.3 Å². The highest BCUT2D eigenvalue weighted by atomic mass is 35.5. The van der Waals surface area contributed by atoms with Crippen LogP contribution in [-0.2, 0) is 0 Å². The predicted octanol–water partition coefficient (Wildman–Crippen LogP) is 3.87. The maximum atomic E-state index is 11.2. The normalized spacial score (nSPS) is 17.3. The zero-order valence-electron chi connectivity index (χ0n) is 11.6. The number of anilines is 1. The van der Waals surface area contributed by atoms with Crippen molar-refractivity contribution < 1.29 is 4.92 Å². The van der Waals surface area contributed by atoms with Crippen molar-refractivity contribution in [1.29, 1.82) is 0 Å². The van der Waals surface area contributed by atoms with Gasteiger partial charge in [-0.15, -0.1) is 0 Å². The van der Waals surface area contributed by atoms with Crippen molar-refractivity contribution in [3.8, 4) is 0 Å². The van der Waals surface area contributed by atoms with Crippen molar-refractivity contribution in [1.82, 2.24) is 9.97 Å². The Bertz CT molecular complexity index is 488. The van der Waals surface area contributed by atoms with E-state index in [1.54, 1.807) is 6.92 Å². The molecule has 1 aliphatic carbocycles. The maximum Gasteiger partial charge on any atom is 0.332 e. The number of nitrogens with one attached hydrogen (secondary N) is 1. The lowest BCUT2D eigenvalue weighted by atomic mass is 9.97. The van der Waals surface area contributed by atoms with Crippen LogP contribution >= 0.6 is 11.6 Å². The molecule has 1 aliphatic rings. The second-order valence-corrected chi connectivity index (χ2v) is 5.56. The van der Waals surface area contributed by atoms with E-state index in [9.17, 15) is 10.1 Å². The van der Waals surface area contributed by atoms with Crippen LogP contribution in [-0.4, -0.2) is 20.9 Å². The van der Waals surface area contributed by atoms with E-state index in [0.717, 1.165) is 25.7 Å². The molecular weight excluding hydrogens is 280 g/mol. The van der Waals surface area contributed by atoms with E-state index in [1.807, 2.05) is 0 Å². The van der Waals surface area contributed by atoms with Crippen LogP contribution < -0.4 is 5.32 Å². The molecule has 0 saturated heterocycles. The molecule has 1 N–H and O–H groups in total. The molecule has 0 aliphatic heterocycles. The largest absolute Gasteiger partial charge is 0.361 e. The molecule has 20 heavy (non-hydrogen) atoms. The summed E-state index contributed by atoms with van der Waals surface area (Å²) in [5.41, 5.74) is 0.222. The lowest BCUT2D eigenvalue weighted by Crippen LogP contribution is -2.22. The molecule has 0 atom stereocenters. The minimum absolute atomic E-state index is 0.0430. The van der Waals surface area contributed by atoms with Crippen molar-refractivity contribution in [2.24, 2.45) is 0 Å². The Morgan fingerprint density at radius 1 is 1.20 bits per heavy atom. The van der Waals surface area contributed by atoms with Gasteiger partial charge in [-0.2, -0.15) is 4.98 Å². The first-order valence-corrected chi connectivity index (χ1v) is 7.41. The Balaban J connectivity index is 2.20. The van der Waals surface area contributed by atoms with Gasteiger partial charge in [0, 0.05) is 6.04 Å². The average Bonchev–Trinajstić information content (AvgIpc) is 2.30. The van der Waals surface area contributed by atoms with Crippen molar-refractivity contribution >= 4 is 23.1 Å². The standard InChI is InChI=1S/C13H19ClN4O2/c1-9-11(18(19)20)12(17-13(14)15-9)16-10-7-5-3-2-4-6-8-10/h10H,2-8H2,1H3,(H,15,16,17). The van der Waals surface area contributed by atoms with E-state index in [0.29, 0.717) is 5.69 Å². The summed E-state index contributed by atoms with van der Waals surface area (Å²) in [5.74, 6) is 0.248. The van der Waals surface area contributed by atoms with Gasteiger partial charge in [0.1, 0.15) is 5.69 Å². The van der Waals surface area contributed by atoms with E-state index in [2.05, 4.69) is 15.3 Å². The number of nitrogens with zero attached hydrogens (tertiary/aromatic N) is 3. The molecule has 0 bridgehead atoms. The molecule has 1 fully saturated rings. The number of hydrogen-bond donors (Lipinski definition) is 1. The Morgan fingerprint density at radius 2 is 1.80 bits per heavy atom. The highest BCUT2D eigenvalue weighted by Crippen LogP contribution is 2.29. The molecule has 0 spiro atoms. The fraction of sp³-hybridized carbons (Fsp3) is 0.692. The van der Waals surface area contributed by atoms with Crippen LogP contribution in [0, 0.1) is 17.0 Å². The third-order valence-electron chi connectivity index (χ3n) is 3.66. The highest BCUT2D eigenvalue weighted by Gasteiger charge is 2.24. The molecule has 2 rings (SSSR count). The zero-order valence-corrected chi connectivity index (χ0v) is 12.3. The van der Waals surface area contributed by atoms with Crippen LogP contribution in [0.5, 0.6) is 0 Å². The molecule has 7 heteroatoms. The predicted molar refractivity (Wildman–Crippen MR) is 78.2 cm³/mol. The molecule has 1 aromatic heterocycles. The summed E-state index contributed by atoms with van der Waals surface area (Å²) >= 11 is 5.82. The monoisotopic (exact) mass is 298 g/mol. The Labute approximate surface area is 123 Å². The van der Waals surface area contributed by atoms with Gasteiger partial charge < -0.3 is 5.32 Å². The summed E-state index contributed by atoms with van der Waals surface area (Å²) in [4.78, 5) is 18.6. The van der Waals surface area contributed by atoms with Gasteiger partial charge in [-0.05, 0) is 31.4 Å². The van der Waals surface area contributed by atoms with Crippen LogP contribution in [0.25, 0.3) is 0 Å². The van der Waals surface area contributed by atoms with Gasteiger partial charge in [-0.25, -0.2) is 4.98 Å². The molecule has 6 nitrogen and oxygen atoms in total. The number of halogens is 1. The molecule has 0 amide bonds. The second-order valence-electron chi connectivity index (χ2n) is 5.22. The zero-order chi connectivity index (χ0) is 14.5. The third kappa shape index (κ3) is 3.79. The number of nitro groups is 1. The Kier molecular flexibility index (Phi) is 5.11. The summed E-state index contributed by atoms with van der Waals surface area (Å²) in [6, 6.07) is 0.222. The van der Waals surface area contributed by atoms with E-state index in [-0.39, 0.29) is 22.8 Å². The van der Waals surface area contributed by atoms with Crippen molar-refractivity contribution in [2.45, 2.75) is 57.9 Å².